The van der Waals surface area contributed by atoms with Crippen molar-refractivity contribution in [1.29, 1.82) is 0 Å². The van der Waals surface area contributed by atoms with Gasteiger partial charge in [-0.1, -0.05) is 58.4 Å². The molecule has 136 valence electrons. The summed E-state index contributed by atoms with van der Waals surface area (Å²) in [6, 6.07) is 17.4. The number of carbonyl (C=O) groups is 1. The van der Waals surface area contributed by atoms with Crippen molar-refractivity contribution >= 4 is 27.8 Å². The number of benzene rings is 2. The molecule has 3 aromatic rings. The van der Waals surface area contributed by atoms with Gasteiger partial charge < -0.3 is 10.6 Å². The normalized spacial score (nSPS) is 15.9. The van der Waals surface area contributed by atoms with Crippen LogP contribution in [-0.2, 0) is 11.3 Å². The fourth-order valence-corrected chi connectivity index (χ4v) is 3.66. The molecule has 0 saturated heterocycles. The highest BCUT2D eigenvalue weighted by Gasteiger charge is 2.33. The van der Waals surface area contributed by atoms with E-state index in [1.54, 1.807) is 4.68 Å². The van der Waals surface area contributed by atoms with Crippen molar-refractivity contribution in [2.45, 2.75) is 19.5 Å². The van der Waals surface area contributed by atoms with E-state index in [2.05, 4.69) is 36.6 Å². The third-order valence-electron chi connectivity index (χ3n) is 4.50. The van der Waals surface area contributed by atoms with E-state index in [1.165, 1.54) is 6.33 Å². The fraction of sp³-hybridized carbons (Fsp3) is 0.150. The van der Waals surface area contributed by atoms with Gasteiger partial charge in [0.25, 0.3) is 5.91 Å². The van der Waals surface area contributed by atoms with Crippen LogP contribution in [0.15, 0.2) is 76.7 Å². The van der Waals surface area contributed by atoms with Gasteiger partial charge in [-0.15, -0.1) is 0 Å². The van der Waals surface area contributed by atoms with Crippen molar-refractivity contribution in [3.05, 3.63) is 87.8 Å². The summed E-state index contributed by atoms with van der Waals surface area (Å²) in [6.07, 6.45) is 1.49. The molecule has 27 heavy (non-hydrogen) atoms. The van der Waals surface area contributed by atoms with E-state index < -0.39 is 0 Å². The van der Waals surface area contributed by atoms with Gasteiger partial charge >= 0.3 is 0 Å². The molecular formula is C20H18BrN5O. The van der Waals surface area contributed by atoms with E-state index in [0.717, 1.165) is 21.3 Å². The van der Waals surface area contributed by atoms with Gasteiger partial charge in [-0.2, -0.15) is 10.1 Å². The first-order chi connectivity index (χ1) is 13.1. The van der Waals surface area contributed by atoms with E-state index in [-0.39, 0.29) is 11.9 Å². The van der Waals surface area contributed by atoms with Crippen LogP contribution < -0.4 is 10.6 Å². The highest BCUT2D eigenvalue weighted by Crippen LogP contribution is 2.35. The summed E-state index contributed by atoms with van der Waals surface area (Å²) >= 11 is 3.52. The lowest BCUT2D eigenvalue weighted by Crippen LogP contribution is -2.34. The minimum Gasteiger partial charge on any atom is -0.348 e. The van der Waals surface area contributed by atoms with Gasteiger partial charge in [0.2, 0.25) is 5.95 Å². The van der Waals surface area contributed by atoms with Crippen molar-refractivity contribution in [3.8, 4) is 0 Å². The van der Waals surface area contributed by atoms with Crippen LogP contribution in [0.2, 0.25) is 0 Å². The second-order valence-electron chi connectivity index (χ2n) is 6.32. The number of nitrogens with zero attached hydrogens (tertiary/aromatic N) is 3. The second kappa shape index (κ2) is 7.36. The monoisotopic (exact) mass is 423 g/mol. The zero-order valence-electron chi connectivity index (χ0n) is 14.7. The van der Waals surface area contributed by atoms with Crippen LogP contribution in [0.3, 0.4) is 0 Å². The van der Waals surface area contributed by atoms with Gasteiger partial charge in [0.1, 0.15) is 12.4 Å². The number of hydrogen-bond acceptors (Lipinski definition) is 4. The minimum absolute atomic E-state index is 0.130. The Kier molecular flexibility index (Phi) is 4.77. The van der Waals surface area contributed by atoms with Crippen molar-refractivity contribution in [2.75, 3.05) is 5.32 Å². The van der Waals surface area contributed by atoms with Crippen molar-refractivity contribution < 1.29 is 4.79 Å². The molecule has 1 amide bonds. The smallest absolute Gasteiger partial charge is 0.251 e. The maximum atomic E-state index is 13.1. The summed E-state index contributed by atoms with van der Waals surface area (Å²) in [5.74, 6) is 0.493. The Bertz CT molecular complexity index is 1010. The Morgan fingerprint density at radius 2 is 2.04 bits per heavy atom. The molecule has 1 aliphatic rings. The number of aromatic nitrogens is 3. The molecule has 7 heteroatoms. The molecular weight excluding hydrogens is 406 g/mol. The van der Waals surface area contributed by atoms with Crippen LogP contribution in [0.1, 0.15) is 24.1 Å². The molecule has 0 unspecified atom stereocenters. The van der Waals surface area contributed by atoms with E-state index in [1.807, 2.05) is 61.5 Å². The molecule has 0 bridgehead atoms. The molecule has 1 atom stereocenters. The lowest BCUT2D eigenvalue weighted by Gasteiger charge is -2.28. The number of allylic oxidation sites excluding steroid dienone is 1. The lowest BCUT2D eigenvalue weighted by atomic mass is 9.95. The molecule has 0 aliphatic carbocycles. The molecule has 6 nitrogen and oxygen atoms in total. The zero-order valence-corrected chi connectivity index (χ0v) is 16.3. The predicted molar refractivity (Wildman–Crippen MR) is 107 cm³/mol. The summed E-state index contributed by atoms with van der Waals surface area (Å²) in [5.41, 5.74) is 3.41. The third-order valence-corrected chi connectivity index (χ3v) is 4.99. The van der Waals surface area contributed by atoms with Crippen LogP contribution in [0.4, 0.5) is 5.95 Å². The summed E-state index contributed by atoms with van der Waals surface area (Å²) in [6.45, 7) is 2.35. The van der Waals surface area contributed by atoms with Gasteiger partial charge in [0, 0.05) is 16.7 Å². The van der Waals surface area contributed by atoms with E-state index in [4.69, 9.17) is 0 Å². The van der Waals surface area contributed by atoms with Crippen molar-refractivity contribution in [1.82, 2.24) is 20.1 Å². The average molecular weight is 424 g/mol. The first-order valence-corrected chi connectivity index (χ1v) is 9.37. The van der Waals surface area contributed by atoms with Gasteiger partial charge in [0.05, 0.1) is 5.57 Å². The number of halogens is 1. The quantitative estimate of drug-likeness (QED) is 0.671. The molecule has 1 aliphatic heterocycles. The van der Waals surface area contributed by atoms with Crippen molar-refractivity contribution in [2.24, 2.45) is 0 Å². The molecule has 0 spiro atoms. The van der Waals surface area contributed by atoms with Crippen LogP contribution in [0.25, 0.3) is 0 Å². The van der Waals surface area contributed by atoms with Gasteiger partial charge in [-0.05, 0) is 30.2 Å². The molecule has 2 heterocycles. The summed E-state index contributed by atoms with van der Waals surface area (Å²) < 4.78 is 2.69. The number of anilines is 1. The Labute approximate surface area is 165 Å². The van der Waals surface area contributed by atoms with Gasteiger partial charge in [-0.3, -0.25) is 4.79 Å². The summed E-state index contributed by atoms with van der Waals surface area (Å²) in [4.78, 5) is 17.4. The summed E-state index contributed by atoms with van der Waals surface area (Å²) in [5, 5.41) is 10.5. The first kappa shape index (κ1) is 17.5. The predicted octanol–water partition coefficient (Wildman–Crippen LogP) is 3.65. The Morgan fingerprint density at radius 3 is 2.81 bits per heavy atom. The van der Waals surface area contributed by atoms with Crippen LogP contribution in [-0.4, -0.2) is 20.7 Å². The standard InChI is InChI=1S/C20H18BrN5O/c1-13-17(19(27)22-11-14-6-3-2-4-7-14)18(15-8-5-9-16(21)10-15)26-20(25-13)23-12-24-26/h2-10,12,18H,11H2,1H3,(H,22,27)(H,23,24,25)/t18-/m0/s1. The second-order valence-corrected chi connectivity index (χ2v) is 7.23. The molecule has 1 aromatic heterocycles. The molecule has 4 rings (SSSR count). The van der Waals surface area contributed by atoms with Crippen LogP contribution >= 0.6 is 15.9 Å². The van der Waals surface area contributed by atoms with E-state index >= 15 is 0 Å². The highest BCUT2D eigenvalue weighted by atomic mass is 79.9. The largest absolute Gasteiger partial charge is 0.348 e. The number of carbonyl (C=O) groups excluding carboxylic acids is 1. The molecule has 0 saturated carbocycles. The SMILES string of the molecule is CC1=C(C(=O)NCc2ccccc2)[C@H](c2cccc(Br)c2)n2ncnc2N1. The van der Waals surface area contributed by atoms with Crippen molar-refractivity contribution in [3.63, 3.8) is 0 Å². The van der Waals surface area contributed by atoms with E-state index in [0.29, 0.717) is 18.1 Å². The lowest BCUT2D eigenvalue weighted by molar-refractivity contribution is -0.118. The zero-order chi connectivity index (χ0) is 18.8. The Morgan fingerprint density at radius 1 is 1.22 bits per heavy atom. The maximum absolute atomic E-state index is 13.1. The van der Waals surface area contributed by atoms with Crippen LogP contribution in [0.5, 0.6) is 0 Å². The number of hydrogen-bond donors (Lipinski definition) is 2. The van der Waals surface area contributed by atoms with E-state index in [9.17, 15) is 4.79 Å². The molecule has 2 aromatic carbocycles. The molecule has 0 fully saturated rings. The third kappa shape index (κ3) is 3.50. The number of amides is 1. The first-order valence-electron chi connectivity index (χ1n) is 8.58. The molecule has 2 N–H and O–H groups in total. The van der Waals surface area contributed by atoms with Gasteiger partial charge in [0.15, 0.2) is 0 Å². The Balaban J connectivity index is 1.69. The highest BCUT2D eigenvalue weighted by molar-refractivity contribution is 9.10. The average Bonchev–Trinajstić information content (AvgIpc) is 3.13. The Hall–Kier alpha value is -2.93. The number of rotatable bonds is 4. The summed E-state index contributed by atoms with van der Waals surface area (Å²) in [7, 11) is 0. The van der Waals surface area contributed by atoms with Crippen LogP contribution in [0, 0.1) is 0 Å². The minimum atomic E-state index is -0.350. The topological polar surface area (TPSA) is 71.8 Å². The fourth-order valence-electron chi connectivity index (χ4n) is 3.24. The maximum Gasteiger partial charge on any atom is 0.251 e. The molecule has 0 radical (unpaired) electrons. The number of fused-ring (bicyclic) bond motifs is 1. The number of nitrogens with one attached hydrogen (secondary N) is 2. The van der Waals surface area contributed by atoms with Gasteiger partial charge in [-0.25, -0.2) is 4.68 Å².